The van der Waals surface area contributed by atoms with E-state index in [9.17, 15) is 9.59 Å². The first-order valence-electron chi connectivity index (χ1n) is 9.23. The lowest BCUT2D eigenvalue weighted by molar-refractivity contribution is -0.910. The Morgan fingerprint density at radius 1 is 1.30 bits per heavy atom. The maximum absolute atomic E-state index is 12.7. The number of nitrogens with one attached hydrogen (secondary N) is 2. The fraction of sp³-hybridized carbons (Fsp3) is 0.400. The summed E-state index contributed by atoms with van der Waals surface area (Å²) < 4.78 is 12.8. The first-order chi connectivity index (χ1) is 13.0. The largest absolute Gasteiger partial charge is 0.454 e. The van der Waals surface area contributed by atoms with Crippen molar-refractivity contribution in [1.29, 1.82) is 0 Å². The number of anilines is 1. The maximum atomic E-state index is 12.7. The Morgan fingerprint density at radius 2 is 2.07 bits per heavy atom. The van der Waals surface area contributed by atoms with E-state index >= 15 is 0 Å². The number of carbonyl (C=O) groups is 2. The number of hydrogen-bond donors (Lipinski definition) is 2. The average Bonchev–Trinajstić information content (AvgIpc) is 3.34. The molecule has 27 heavy (non-hydrogen) atoms. The van der Waals surface area contributed by atoms with Gasteiger partial charge in [0.1, 0.15) is 6.04 Å². The van der Waals surface area contributed by atoms with Gasteiger partial charge in [0.15, 0.2) is 23.8 Å². The number of benzene rings is 1. The zero-order chi connectivity index (χ0) is 19.0. The highest BCUT2D eigenvalue weighted by Crippen LogP contribution is 2.37. The van der Waals surface area contributed by atoms with Gasteiger partial charge >= 0.3 is 0 Å². The zero-order valence-electron chi connectivity index (χ0n) is 15.6. The van der Waals surface area contributed by atoms with Gasteiger partial charge in [-0.1, -0.05) is 0 Å². The first-order valence-corrected chi connectivity index (χ1v) is 9.23. The summed E-state index contributed by atoms with van der Waals surface area (Å²) in [6.07, 6.45) is 4.21. The Bertz CT molecular complexity index is 889. The molecule has 2 aliphatic rings. The average molecular weight is 370 g/mol. The number of aryl methyl sites for hydroxylation is 1. The Morgan fingerprint density at radius 3 is 2.78 bits per heavy atom. The molecule has 0 spiro atoms. The van der Waals surface area contributed by atoms with Crippen LogP contribution >= 0.6 is 0 Å². The van der Waals surface area contributed by atoms with Gasteiger partial charge in [0.2, 0.25) is 6.79 Å². The molecule has 0 saturated carbocycles. The Balaban J connectivity index is 1.50. The topological polar surface area (TPSA) is 74.0 Å². The number of quaternary nitrogens is 1. The summed E-state index contributed by atoms with van der Waals surface area (Å²) in [4.78, 5) is 26.0. The van der Waals surface area contributed by atoms with Crippen molar-refractivity contribution < 1.29 is 24.0 Å². The molecule has 2 atom stereocenters. The lowest BCUT2D eigenvalue weighted by atomic mass is 10.1. The number of rotatable bonds is 5. The van der Waals surface area contributed by atoms with Crippen LogP contribution in [0, 0.1) is 0 Å². The third kappa shape index (κ3) is 3.42. The van der Waals surface area contributed by atoms with Gasteiger partial charge in [-0.25, -0.2) is 0 Å². The monoisotopic (exact) mass is 370 g/mol. The molecule has 1 unspecified atom stereocenters. The van der Waals surface area contributed by atoms with Gasteiger partial charge in [-0.3, -0.25) is 9.59 Å². The molecule has 0 aliphatic carbocycles. The minimum atomic E-state index is -0.126. The number of fused-ring (bicyclic) bond motifs is 1. The molecule has 0 bridgehead atoms. The van der Waals surface area contributed by atoms with Crippen LogP contribution in [0.2, 0.25) is 0 Å². The van der Waals surface area contributed by atoms with Crippen LogP contribution < -0.4 is 19.7 Å². The number of nitrogens with zero attached hydrogens (tertiary/aromatic N) is 1. The summed E-state index contributed by atoms with van der Waals surface area (Å²) in [5.41, 5.74) is 2.16. The zero-order valence-corrected chi connectivity index (χ0v) is 15.6. The summed E-state index contributed by atoms with van der Waals surface area (Å²) in [6, 6.07) is 7.79. The SMILES string of the molecule is CC(=O)c1cc2c(cc1NC(=O)C[NH+]1CCC[C@@H]1c1cccn1C)OCO2. The summed E-state index contributed by atoms with van der Waals surface area (Å²) >= 11 is 0. The molecule has 7 heteroatoms. The molecule has 2 aliphatic heterocycles. The highest BCUT2D eigenvalue weighted by atomic mass is 16.7. The van der Waals surface area contributed by atoms with Crippen LogP contribution in [0.15, 0.2) is 30.5 Å². The molecular weight excluding hydrogens is 346 g/mol. The highest BCUT2D eigenvalue weighted by molar-refractivity contribution is 6.04. The standard InChI is InChI=1S/C20H23N3O4/c1-13(24)14-9-18-19(27-12-26-18)10-15(14)21-20(25)11-23-8-4-6-17(23)16-5-3-7-22(16)2/h3,5,7,9-10,17H,4,6,8,11-12H2,1-2H3,(H,21,25)/p+1/t17-/m1/s1. The molecule has 1 aromatic carbocycles. The van der Waals surface area contributed by atoms with E-state index in [0.717, 1.165) is 19.4 Å². The maximum Gasteiger partial charge on any atom is 0.279 e. The molecular formula is C20H24N3O4+. The molecule has 0 radical (unpaired) electrons. The second-order valence-corrected chi connectivity index (χ2v) is 7.18. The van der Waals surface area contributed by atoms with E-state index in [2.05, 4.69) is 16.0 Å². The summed E-state index contributed by atoms with van der Waals surface area (Å²) in [7, 11) is 2.04. The van der Waals surface area contributed by atoms with Gasteiger partial charge in [0.25, 0.3) is 5.91 Å². The highest BCUT2D eigenvalue weighted by Gasteiger charge is 2.33. The van der Waals surface area contributed by atoms with Crippen molar-refractivity contribution in [2.24, 2.45) is 7.05 Å². The predicted molar refractivity (Wildman–Crippen MR) is 99.3 cm³/mol. The van der Waals surface area contributed by atoms with Crippen LogP contribution in [0.4, 0.5) is 5.69 Å². The van der Waals surface area contributed by atoms with E-state index in [1.54, 1.807) is 12.1 Å². The summed E-state index contributed by atoms with van der Waals surface area (Å²) in [6.45, 7) is 2.93. The lowest BCUT2D eigenvalue weighted by Gasteiger charge is -2.22. The second kappa shape index (κ2) is 7.08. The second-order valence-electron chi connectivity index (χ2n) is 7.18. The van der Waals surface area contributed by atoms with E-state index in [-0.39, 0.29) is 18.5 Å². The van der Waals surface area contributed by atoms with Crippen LogP contribution in [0.25, 0.3) is 0 Å². The van der Waals surface area contributed by atoms with Gasteiger partial charge in [-0.05, 0) is 25.1 Å². The van der Waals surface area contributed by atoms with E-state index in [4.69, 9.17) is 9.47 Å². The number of amides is 1. The molecule has 142 valence electrons. The van der Waals surface area contributed by atoms with E-state index < -0.39 is 0 Å². The van der Waals surface area contributed by atoms with Crippen molar-refractivity contribution in [2.45, 2.75) is 25.8 Å². The van der Waals surface area contributed by atoms with Crippen molar-refractivity contribution in [3.63, 3.8) is 0 Å². The van der Waals surface area contributed by atoms with Crippen LogP contribution in [-0.4, -0.2) is 36.1 Å². The van der Waals surface area contributed by atoms with Crippen molar-refractivity contribution in [1.82, 2.24) is 4.57 Å². The molecule has 2 N–H and O–H groups in total. The van der Waals surface area contributed by atoms with Gasteiger partial charge in [0.05, 0.1) is 17.9 Å². The minimum Gasteiger partial charge on any atom is -0.454 e. The molecule has 2 aromatic rings. The molecule has 4 rings (SSSR count). The van der Waals surface area contributed by atoms with Crippen LogP contribution in [-0.2, 0) is 11.8 Å². The third-order valence-corrected chi connectivity index (χ3v) is 5.38. The van der Waals surface area contributed by atoms with Gasteiger partial charge in [0, 0.05) is 37.7 Å². The molecule has 7 nitrogen and oxygen atoms in total. The number of aromatic nitrogens is 1. The number of ether oxygens (including phenoxy) is 2. The van der Waals surface area contributed by atoms with E-state index in [1.165, 1.54) is 17.5 Å². The summed E-state index contributed by atoms with van der Waals surface area (Å²) in [5, 5.41) is 2.91. The fourth-order valence-electron chi connectivity index (χ4n) is 4.05. The van der Waals surface area contributed by atoms with E-state index in [0.29, 0.717) is 35.3 Å². The number of likely N-dealkylation sites (tertiary alicyclic amines) is 1. The lowest BCUT2D eigenvalue weighted by Crippen LogP contribution is -3.11. The Hall–Kier alpha value is -2.80. The predicted octanol–water partition coefficient (Wildman–Crippen LogP) is 1.31. The number of ketones is 1. The van der Waals surface area contributed by atoms with Crippen molar-refractivity contribution in [2.75, 3.05) is 25.2 Å². The van der Waals surface area contributed by atoms with Crippen molar-refractivity contribution >= 4 is 17.4 Å². The minimum absolute atomic E-state index is 0.104. The number of hydrogen-bond acceptors (Lipinski definition) is 4. The van der Waals surface area contributed by atoms with Crippen LogP contribution in [0.5, 0.6) is 11.5 Å². The van der Waals surface area contributed by atoms with Gasteiger partial charge < -0.3 is 24.3 Å². The van der Waals surface area contributed by atoms with Gasteiger partial charge in [-0.15, -0.1) is 0 Å². The van der Waals surface area contributed by atoms with Crippen LogP contribution in [0.3, 0.4) is 0 Å². The Labute approximate surface area is 157 Å². The first kappa shape index (κ1) is 17.6. The van der Waals surface area contributed by atoms with Crippen LogP contribution in [0.1, 0.15) is 41.9 Å². The smallest absolute Gasteiger partial charge is 0.279 e. The fourth-order valence-corrected chi connectivity index (χ4v) is 4.05. The normalized spacial score (nSPS) is 20.7. The van der Waals surface area contributed by atoms with Crippen molar-refractivity contribution in [3.8, 4) is 11.5 Å². The molecule has 1 saturated heterocycles. The van der Waals surface area contributed by atoms with E-state index in [1.807, 2.05) is 19.3 Å². The molecule has 3 heterocycles. The molecule has 1 amide bonds. The third-order valence-electron chi connectivity index (χ3n) is 5.38. The molecule has 1 aromatic heterocycles. The molecule has 1 fully saturated rings. The Kier molecular flexibility index (Phi) is 4.61. The number of carbonyl (C=O) groups excluding carboxylic acids is 2. The van der Waals surface area contributed by atoms with Gasteiger partial charge in [-0.2, -0.15) is 0 Å². The van der Waals surface area contributed by atoms with Crippen molar-refractivity contribution in [3.05, 3.63) is 41.7 Å². The summed E-state index contributed by atoms with van der Waals surface area (Å²) in [5.74, 6) is 0.851. The number of Topliss-reactive ketones (excluding diaryl/α,β-unsaturated/α-hetero) is 1. The quantitative estimate of drug-likeness (QED) is 0.779.